The molecule has 6 rings (SSSR count). The quantitative estimate of drug-likeness (QED) is 0.422. The predicted octanol–water partition coefficient (Wildman–Crippen LogP) is 5.39. The SMILES string of the molecule is CC1=CC=C2C(C)(C)C(=O)C(Sc3ccccc3)=CC23Oc2c(ccc4c2C(OP(=O)(O)O)NC4=O)CC13C. The third-order valence-corrected chi connectivity index (χ3v) is 9.97. The van der Waals surface area contributed by atoms with E-state index >= 15 is 0 Å². The minimum absolute atomic E-state index is 0.0178. The van der Waals surface area contributed by atoms with Crippen LogP contribution >= 0.6 is 19.6 Å². The number of carbonyl (C=O) groups excluding carboxylic acids is 2. The molecule has 2 heterocycles. The largest absolute Gasteiger partial charge is 0.477 e. The van der Waals surface area contributed by atoms with Crippen LogP contribution in [0.15, 0.2) is 81.6 Å². The maximum Gasteiger partial charge on any atom is 0.471 e. The molecule has 202 valence electrons. The van der Waals surface area contributed by atoms with E-state index < -0.39 is 36.4 Å². The summed E-state index contributed by atoms with van der Waals surface area (Å²) in [6.45, 7) is 7.95. The number of ether oxygens (including phenoxy) is 1. The monoisotopic (exact) mass is 565 g/mol. The molecule has 3 unspecified atom stereocenters. The highest BCUT2D eigenvalue weighted by atomic mass is 32.2. The lowest BCUT2D eigenvalue weighted by atomic mass is 9.52. The molecule has 1 spiro atoms. The Balaban J connectivity index is 1.59. The van der Waals surface area contributed by atoms with Gasteiger partial charge in [0.25, 0.3) is 5.91 Å². The summed E-state index contributed by atoms with van der Waals surface area (Å²) in [6, 6.07) is 13.1. The highest BCUT2D eigenvalue weighted by molar-refractivity contribution is 8.04. The van der Waals surface area contributed by atoms with Gasteiger partial charge in [-0.1, -0.05) is 60.7 Å². The Morgan fingerprint density at radius 1 is 1.08 bits per heavy atom. The maximum atomic E-state index is 13.9. The van der Waals surface area contributed by atoms with E-state index in [-0.39, 0.29) is 16.9 Å². The van der Waals surface area contributed by atoms with Gasteiger partial charge in [0.1, 0.15) is 5.75 Å². The molecule has 1 amide bonds. The standard InChI is InChI=1S/C29H28NO7PS/c1-16-10-13-21-27(2,3)24(31)20(39-18-8-6-5-7-9-18)15-29(21)28(16,4)14-17-11-12-19-22(23(17)36-29)26(30-25(19)32)37-38(33,34)35/h5-13,15,26H,14H2,1-4H3,(H,30,32)(H2,33,34,35). The zero-order chi connectivity index (χ0) is 28.0. The molecule has 0 bridgehead atoms. The lowest BCUT2D eigenvalue weighted by molar-refractivity contribution is -0.124. The molecular weight excluding hydrogens is 537 g/mol. The van der Waals surface area contributed by atoms with Gasteiger partial charge in [-0.2, -0.15) is 0 Å². The number of phosphoric ester groups is 1. The van der Waals surface area contributed by atoms with Crippen molar-refractivity contribution in [3.63, 3.8) is 0 Å². The van der Waals surface area contributed by atoms with Crippen LogP contribution in [-0.4, -0.2) is 27.1 Å². The number of fused-ring (bicyclic) bond motifs is 3. The zero-order valence-electron chi connectivity index (χ0n) is 21.8. The summed E-state index contributed by atoms with van der Waals surface area (Å²) in [5.74, 6) is -0.185. The van der Waals surface area contributed by atoms with Crippen molar-refractivity contribution in [2.75, 3.05) is 0 Å². The zero-order valence-corrected chi connectivity index (χ0v) is 23.6. The van der Waals surface area contributed by atoms with Crippen molar-refractivity contribution in [1.29, 1.82) is 0 Å². The first-order valence-corrected chi connectivity index (χ1v) is 14.9. The van der Waals surface area contributed by atoms with Crippen LogP contribution in [0, 0.1) is 10.8 Å². The molecular formula is C29H28NO7PS. The molecule has 2 aromatic rings. The summed E-state index contributed by atoms with van der Waals surface area (Å²) in [7, 11) is -4.94. The molecule has 4 aliphatic rings. The Labute approximate surface area is 230 Å². The van der Waals surface area contributed by atoms with Crippen molar-refractivity contribution in [3.8, 4) is 5.75 Å². The summed E-state index contributed by atoms with van der Waals surface area (Å²) in [4.78, 5) is 47.2. The Bertz CT molecular complexity index is 1590. The number of Topliss-reactive ketones (excluding diaryl/α,β-unsaturated/α-hetero) is 1. The van der Waals surface area contributed by atoms with Crippen molar-refractivity contribution >= 4 is 31.3 Å². The van der Waals surface area contributed by atoms with Crippen LogP contribution in [0.1, 0.15) is 55.4 Å². The molecule has 2 aliphatic heterocycles. The van der Waals surface area contributed by atoms with Gasteiger partial charge < -0.3 is 19.8 Å². The second kappa shape index (κ2) is 8.53. The molecule has 8 nitrogen and oxygen atoms in total. The van der Waals surface area contributed by atoms with E-state index in [1.54, 1.807) is 6.07 Å². The molecule has 10 heteroatoms. The van der Waals surface area contributed by atoms with Gasteiger partial charge >= 0.3 is 7.82 Å². The van der Waals surface area contributed by atoms with Gasteiger partial charge in [0.05, 0.1) is 21.4 Å². The van der Waals surface area contributed by atoms with Crippen LogP contribution in [0.2, 0.25) is 0 Å². The van der Waals surface area contributed by atoms with Gasteiger partial charge in [0.2, 0.25) is 0 Å². The number of hydrogen-bond donors (Lipinski definition) is 3. The minimum atomic E-state index is -4.94. The molecule has 39 heavy (non-hydrogen) atoms. The molecule has 0 aromatic heterocycles. The average Bonchev–Trinajstić information content (AvgIpc) is 3.16. The molecule has 0 saturated carbocycles. The maximum absolute atomic E-state index is 13.9. The van der Waals surface area contributed by atoms with Gasteiger partial charge in [-0.15, -0.1) is 0 Å². The van der Waals surface area contributed by atoms with E-state index in [0.29, 0.717) is 17.1 Å². The Morgan fingerprint density at radius 3 is 2.49 bits per heavy atom. The molecule has 0 radical (unpaired) electrons. The number of carbonyl (C=O) groups is 2. The Kier molecular flexibility index (Phi) is 5.75. The fourth-order valence-corrected chi connectivity index (χ4v) is 7.80. The minimum Gasteiger partial charge on any atom is -0.477 e. The lowest BCUT2D eigenvalue weighted by Gasteiger charge is -2.58. The van der Waals surface area contributed by atoms with E-state index in [0.717, 1.165) is 21.6 Å². The van der Waals surface area contributed by atoms with Gasteiger partial charge in [-0.3, -0.25) is 14.1 Å². The summed E-state index contributed by atoms with van der Waals surface area (Å²) < 4.78 is 23.8. The van der Waals surface area contributed by atoms with Crippen LogP contribution in [0.25, 0.3) is 0 Å². The van der Waals surface area contributed by atoms with Crippen molar-refractivity contribution in [2.24, 2.45) is 10.8 Å². The van der Waals surface area contributed by atoms with Gasteiger partial charge in [-0.05, 0) is 62.6 Å². The van der Waals surface area contributed by atoms with Crippen molar-refractivity contribution in [3.05, 3.63) is 93.4 Å². The van der Waals surface area contributed by atoms with Gasteiger partial charge in [0, 0.05) is 10.3 Å². The van der Waals surface area contributed by atoms with E-state index in [1.807, 2.05) is 75.4 Å². The third kappa shape index (κ3) is 3.83. The summed E-state index contributed by atoms with van der Waals surface area (Å²) in [5.41, 5.74) is 0.537. The number of nitrogens with one attached hydrogen (secondary N) is 1. The second-order valence-corrected chi connectivity index (χ2v) is 13.4. The fraction of sp³-hybridized carbons (Fsp3) is 0.310. The second-order valence-electron chi connectivity index (χ2n) is 11.1. The molecule has 0 saturated heterocycles. The predicted molar refractivity (Wildman–Crippen MR) is 146 cm³/mol. The van der Waals surface area contributed by atoms with Crippen LogP contribution in [0.5, 0.6) is 5.75 Å². The summed E-state index contributed by atoms with van der Waals surface area (Å²) in [6.07, 6.45) is 5.04. The number of phosphoric acid groups is 1. The molecule has 0 fully saturated rings. The number of ketones is 1. The van der Waals surface area contributed by atoms with Gasteiger partial charge in [0.15, 0.2) is 17.6 Å². The molecule has 3 N–H and O–H groups in total. The van der Waals surface area contributed by atoms with Crippen molar-refractivity contribution in [2.45, 2.75) is 50.8 Å². The van der Waals surface area contributed by atoms with Crippen LogP contribution in [0.3, 0.4) is 0 Å². The third-order valence-electron chi connectivity index (χ3n) is 8.46. The number of hydrogen-bond acceptors (Lipinski definition) is 6. The van der Waals surface area contributed by atoms with Gasteiger partial charge in [-0.25, -0.2) is 4.57 Å². The first-order chi connectivity index (χ1) is 18.3. The fourth-order valence-electron chi connectivity index (χ4n) is 6.25. The Morgan fingerprint density at radius 2 is 1.79 bits per heavy atom. The average molecular weight is 566 g/mol. The van der Waals surface area contributed by atoms with Crippen LogP contribution in [0.4, 0.5) is 0 Å². The summed E-state index contributed by atoms with van der Waals surface area (Å²) >= 11 is 1.39. The summed E-state index contributed by atoms with van der Waals surface area (Å²) in [5, 5.41) is 2.52. The number of benzene rings is 2. The molecule has 3 atom stereocenters. The van der Waals surface area contributed by atoms with Crippen molar-refractivity contribution in [1.82, 2.24) is 5.32 Å². The normalized spacial score (nSPS) is 28.6. The highest BCUT2D eigenvalue weighted by Crippen LogP contribution is 2.63. The van der Waals surface area contributed by atoms with E-state index in [4.69, 9.17) is 9.26 Å². The highest BCUT2D eigenvalue weighted by Gasteiger charge is 2.63. The number of allylic oxidation sites excluding steroid dienone is 3. The van der Waals surface area contributed by atoms with E-state index in [9.17, 15) is 23.9 Å². The van der Waals surface area contributed by atoms with E-state index in [2.05, 4.69) is 12.2 Å². The molecule has 2 aliphatic carbocycles. The number of amides is 1. The Hall–Kier alpha value is -2.94. The number of thioether (sulfide) groups is 1. The van der Waals surface area contributed by atoms with Crippen LogP contribution in [-0.2, 0) is 20.3 Å². The topological polar surface area (TPSA) is 122 Å². The lowest BCUT2D eigenvalue weighted by Crippen LogP contribution is -2.62. The smallest absolute Gasteiger partial charge is 0.471 e. The first kappa shape index (κ1) is 26.3. The first-order valence-electron chi connectivity index (χ1n) is 12.6. The number of rotatable bonds is 4. The van der Waals surface area contributed by atoms with Crippen LogP contribution < -0.4 is 10.1 Å². The molecule has 2 aromatic carbocycles. The van der Waals surface area contributed by atoms with E-state index in [1.165, 1.54) is 11.8 Å². The van der Waals surface area contributed by atoms with Crippen molar-refractivity contribution < 1.29 is 33.2 Å².